The Morgan fingerprint density at radius 1 is 1.33 bits per heavy atom. The van der Waals surface area contributed by atoms with Crippen molar-refractivity contribution in [2.75, 3.05) is 0 Å². The summed E-state index contributed by atoms with van der Waals surface area (Å²) in [7, 11) is 0. The molecule has 0 aromatic carbocycles. The number of carbonyl (C=O) groups is 1. The number of hydrogen-bond acceptors (Lipinski definition) is 3. The molecule has 21 heavy (non-hydrogen) atoms. The summed E-state index contributed by atoms with van der Waals surface area (Å²) in [5.41, 5.74) is 0. The van der Waals surface area contributed by atoms with E-state index in [0.29, 0.717) is 17.9 Å². The van der Waals surface area contributed by atoms with Crippen LogP contribution in [0.5, 0.6) is 0 Å². The summed E-state index contributed by atoms with van der Waals surface area (Å²) < 4.78 is 0. The Morgan fingerprint density at radius 2 is 2.05 bits per heavy atom. The van der Waals surface area contributed by atoms with Crippen LogP contribution in [0.4, 0.5) is 4.79 Å². The number of urea groups is 1. The van der Waals surface area contributed by atoms with Crippen LogP contribution in [0.25, 0.3) is 0 Å². The van der Waals surface area contributed by atoms with E-state index in [1.54, 1.807) is 11.3 Å². The van der Waals surface area contributed by atoms with Crippen molar-refractivity contribution in [3.05, 3.63) is 16.6 Å². The second-order valence-electron chi connectivity index (χ2n) is 6.76. The van der Waals surface area contributed by atoms with Crippen molar-refractivity contribution in [1.82, 2.24) is 15.2 Å². The first-order valence-electron chi connectivity index (χ1n) is 8.06. The Kier molecular flexibility index (Phi) is 4.20. The van der Waals surface area contributed by atoms with Gasteiger partial charge in [-0.1, -0.05) is 13.8 Å². The van der Waals surface area contributed by atoms with E-state index < -0.39 is 0 Å². The zero-order chi connectivity index (χ0) is 15.0. The molecule has 2 atom stereocenters. The third-order valence-electron chi connectivity index (χ3n) is 4.67. The lowest BCUT2D eigenvalue weighted by Crippen LogP contribution is -2.49. The summed E-state index contributed by atoms with van der Waals surface area (Å²) in [6.07, 6.45) is 6.53. The Morgan fingerprint density at radius 3 is 2.52 bits per heavy atom. The van der Waals surface area contributed by atoms with E-state index in [-0.39, 0.29) is 18.1 Å². The van der Waals surface area contributed by atoms with Gasteiger partial charge in [0, 0.05) is 23.7 Å². The molecule has 116 valence electrons. The number of hydrogen-bond donors (Lipinski definition) is 1. The quantitative estimate of drug-likeness (QED) is 0.868. The van der Waals surface area contributed by atoms with Crippen molar-refractivity contribution in [1.29, 1.82) is 0 Å². The molecule has 2 amide bonds. The molecule has 0 radical (unpaired) electrons. The number of rotatable bonds is 6. The van der Waals surface area contributed by atoms with Gasteiger partial charge in [0.2, 0.25) is 0 Å². The molecule has 2 fully saturated rings. The maximum absolute atomic E-state index is 12.8. The molecule has 1 heterocycles. The van der Waals surface area contributed by atoms with E-state index in [9.17, 15) is 4.79 Å². The predicted molar refractivity (Wildman–Crippen MR) is 85.3 cm³/mol. The molecule has 0 aliphatic heterocycles. The highest BCUT2D eigenvalue weighted by Gasteiger charge is 2.40. The van der Waals surface area contributed by atoms with E-state index >= 15 is 0 Å². The van der Waals surface area contributed by atoms with Gasteiger partial charge in [-0.2, -0.15) is 0 Å². The van der Waals surface area contributed by atoms with Crippen molar-refractivity contribution in [3.8, 4) is 0 Å². The van der Waals surface area contributed by atoms with E-state index in [0.717, 1.165) is 17.8 Å². The van der Waals surface area contributed by atoms with E-state index in [2.05, 4.69) is 36.0 Å². The minimum absolute atomic E-state index is 0.103. The summed E-state index contributed by atoms with van der Waals surface area (Å²) in [4.78, 5) is 19.3. The maximum atomic E-state index is 12.8. The first-order valence-corrected chi connectivity index (χ1v) is 8.94. The lowest BCUT2D eigenvalue weighted by molar-refractivity contribution is 0.152. The van der Waals surface area contributed by atoms with Gasteiger partial charge < -0.3 is 10.2 Å². The topological polar surface area (TPSA) is 45.2 Å². The summed E-state index contributed by atoms with van der Waals surface area (Å²) in [5, 5.41) is 6.32. The van der Waals surface area contributed by atoms with Crippen molar-refractivity contribution in [2.45, 2.75) is 64.6 Å². The van der Waals surface area contributed by atoms with Gasteiger partial charge in [0.05, 0.1) is 6.04 Å². The number of nitrogens with zero attached hydrogens (tertiary/aromatic N) is 2. The van der Waals surface area contributed by atoms with E-state index in [1.165, 1.54) is 12.8 Å². The highest BCUT2D eigenvalue weighted by molar-refractivity contribution is 7.09. The molecule has 0 saturated heterocycles. The summed E-state index contributed by atoms with van der Waals surface area (Å²) in [5.74, 6) is 1.06. The molecule has 1 N–H and O–H groups in total. The third-order valence-corrected chi connectivity index (χ3v) is 5.53. The highest BCUT2D eigenvalue weighted by Crippen LogP contribution is 2.42. The van der Waals surface area contributed by atoms with Gasteiger partial charge >= 0.3 is 6.03 Å². The van der Waals surface area contributed by atoms with Crippen LogP contribution in [0.1, 0.15) is 57.5 Å². The predicted octanol–water partition coefficient (Wildman–Crippen LogP) is 3.81. The molecule has 1 aromatic heterocycles. The van der Waals surface area contributed by atoms with Crippen LogP contribution in [-0.4, -0.2) is 28.0 Å². The van der Waals surface area contributed by atoms with Crippen molar-refractivity contribution in [3.63, 3.8) is 0 Å². The van der Waals surface area contributed by atoms with Gasteiger partial charge in [-0.05, 0) is 44.4 Å². The lowest BCUT2D eigenvalue weighted by Gasteiger charge is -2.33. The fourth-order valence-corrected chi connectivity index (χ4v) is 3.54. The van der Waals surface area contributed by atoms with Crippen molar-refractivity contribution >= 4 is 17.4 Å². The molecule has 2 aliphatic rings. The first-order chi connectivity index (χ1) is 10.1. The Labute approximate surface area is 130 Å². The molecule has 2 aliphatic carbocycles. The van der Waals surface area contributed by atoms with Crippen LogP contribution >= 0.6 is 11.3 Å². The molecule has 1 aromatic rings. The zero-order valence-corrected chi connectivity index (χ0v) is 13.9. The zero-order valence-electron chi connectivity index (χ0n) is 13.1. The van der Waals surface area contributed by atoms with Gasteiger partial charge in [0.15, 0.2) is 0 Å². The number of amides is 2. The summed E-state index contributed by atoms with van der Waals surface area (Å²) in [6.45, 7) is 6.54. The van der Waals surface area contributed by atoms with Crippen molar-refractivity contribution in [2.24, 2.45) is 11.8 Å². The van der Waals surface area contributed by atoms with Crippen LogP contribution in [0.3, 0.4) is 0 Å². The molecule has 3 rings (SSSR count). The van der Waals surface area contributed by atoms with E-state index in [1.807, 2.05) is 11.6 Å². The number of nitrogens with one attached hydrogen (secondary N) is 1. The smallest absolute Gasteiger partial charge is 0.318 e. The van der Waals surface area contributed by atoms with Crippen LogP contribution in [0, 0.1) is 11.8 Å². The largest absolute Gasteiger partial charge is 0.328 e. The van der Waals surface area contributed by atoms with Gasteiger partial charge in [-0.3, -0.25) is 0 Å². The Hall–Kier alpha value is -1.10. The fourth-order valence-electron chi connectivity index (χ4n) is 2.76. The van der Waals surface area contributed by atoms with E-state index in [4.69, 9.17) is 0 Å². The molecule has 0 spiro atoms. The minimum atomic E-state index is 0.103. The van der Waals surface area contributed by atoms with Crippen LogP contribution < -0.4 is 5.32 Å². The van der Waals surface area contributed by atoms with Gasteiger partial charge in [0.25, 0.3) is 0 Å². The molecule has 2 saturated carbocycles. The lowest BCUT2D eigenvalue weighted by atomic mass is 10.0. The standard InChI is InChI=1S/C16H25N3OS/c1-10(2)11(3)19(13-6-7-13)16(20)18-14(12-4-5-12)15-17-8-9-21-15/h8-14H,4-7H2,1-3H3,(H,18,20)/t11-,14+/m0/s1. The normalized spacial score (nSPS) is 21.1. The summed E-state index contributed by atoms with van der Waals surface area (Å²) >= 11 is 1.65. The molecule has 0 bridgehead atoms. The third kappa shape index (κ3) is 3.39. The summed E-state index contributed by atoms with van der Waals surface area (Å²) in [6, 6.07) is 0.941. The molecular formula is C16H25N3OS. The molecule has 0 unspecified atom stereocenters. The second kappa shape index (κ2) is 5.95. The van der Waals surface area contributed by atoms with Gasteiger partial charge in [-0.15, -0.1) is 11.3 Å². The van der Waals surface area contributed by atoms with Crippen LogP contribution in [0.15, 0.2) is 11.6 Å². The Balaban J connectivity index is 1.70. The first kappa shape index (κ1) is 14.8. The van der Waals surface area contributed by atoms with Crippen LogP contribution in [-0.2, 0) is 0 Å². The second-order valence-corrected chi connectivity index (χ2v) is 7.68. The number of carbonyl (C=O) groups excluding carboxylic acids is 1. The fraction of sp³-hybridized carbons (Fsp3) is 0.750. The van der Waals surface area contributed by atoms with Gasteiger partial charge in [-0.25, -0.2) is 9.78 Å². The number of thiazole rings is 1. The Bertz CT molecular complexity index is 480. The van der Waals surface area contributed by atoms with Gasteiger partial charge in [0.1, 0.15) is 5.01 Å². The highest BCUT2D eigenvalue weighted by atomic mass is 32.1. The molecule has 5 heteroatoms. The molecular weight excluding hydrogens is 282 g/mol. The van der Waals surface area contributed by atoms with Crippen molar-refractivity contribution < 1.29 is 4.79 Å². The monoisotopic (exact) mass is 307 g/mol. The minimum Gasteiger partial charge on any atom is -0.328 e. The number of aromatic nitrogens is 1. The van der Waals surface area contributed by atoms with Crippen LogP contribution in [0.2, 0.25) is 0 Å². The average molecular weight is 307 g/mol. The molecule has 4 nitrogen and oxygen atoms in total. The SMILES string of the molecule is CC(C)[C@H](C)N(C(=O)N[C@@H](c1nccs1)C1CC1)C1CC1. The maximum Gasteiger partial charge on any atom is 0.318 e. The average Bonchev–Trinajstić information content (AvgIpc) is 3.36.